The molecular formula is C18H37NSi. The fourth-order valence-corrected chi connectivity index (χ4v) is 2.93. The molecule has 0 amide bonds. The van der Waals surface area contributed by atoms with Crippen molar-refractivity contribution >= 4 is 14.3 Å². The molecule has 0 unspecified atom stereocenters. The number of hydrogen-bond acceptors (Lipinski definition) is 1. The van der Waals surface area contributed by atoms with E-state index in [0.717, 1.165) is 12.6 Å². The number of unbranched alkanes of at least 4 members (excludes halogenated alkanes) is 9. The topological polar surface area (TPSA) is 12.4 Å². The molecule has 1 nitrogen and oxygen atoms in total. The van der Waals surface area contributed by atoms with Gasteiger partial charge in [0.2, 0.25) is 0 Å². The Morgan fingerprint density at radius 1 is 0.850 bits per heavy atom. The second-order valence-electron chi connectivity index (χ2n) is 6.67. The van der Waals surface area contributed by atoms with Crippen LogP contribution >= 0.6 is 0 Å². The van der Waals surface area contributed by atoms with E-state index in [1.54, 1.807) is 0 Å². The molecule has 0 N–H and O–H groups in total. The summed E-state index contributed by atoms with van der Waals surface area (Å²) >= 11 is 0. The minimum Gasteiger partial charge on any atom is -0.298 e. The molecule has 0 saturated carbocycles. The summed E-state index contributed by atoms with van der Waals surface area (Å²) in [6, 6.07) is 1.15. The number of rotatable bonds is 14. The van der Waals surface area contributed by atoms with Gasteiger partial charge in [-0.1, -0.05) is 77.8 Å². The first-order valence-corrected chi connectivity index (χ1v) is 12.0. The average molecular weight is 296 g/mol. The van der Waals surface area contributed by atoms with Crippen LogP contribution in [-0.4, -0.2) is 20.8 Å². The summed E-state index contributed by atoms with van der Waals surface area (Å²) in [7, 11) is -1.16. The predicted octanol–water partition coefficient (Wildman–Crippen LogP) is 6.41. The van der Waals surface area contributed by atoms with E-state index < -0.39 is 8.07 Å². The summed E-state index contributed by atoms with van der Waals surface area (Å²) in [6.07, 6.45) is 16.1. The first-order valence-electron chi connectivity index (χ1n) is 8.74. The van der Waals surface area contributed by atoms with E-state index >= 15 is 0 Å². The average Bonchev–Trinajstić information content (AvgIpc) is 2.44. The minimum absolute atomic E-state index is 1.03. The van der Waals surface area contributed by atoms with Crippen LogP contribution in [0.1, 0.15) is 71.1 Å². The van der Waals surface area contributed by atoms with E-state index in [4.69, 9.17) is 0 Å². The Balaban J connectivity index is 3.21. The van der Waals surface area contributed by atoms with Gasteiger partial charge in [0.1, 0.15) is 0 Å². The molecule has 0 spiro atoms. The van der Waals surface area contributed by atoms with E-state index in [0.29, 0.717) is 0 Å². The molecule has 0 saturated heterocycles. The summed E-state index contributed by atoms with van der Waals surface area (Å²) < 4.78 is 0. The summed E-state index contributed by atoms with van der Waals surface area (Å²) in [4.78, 5) is 4.53. The lowest BCUT2D eigenvalue weighted by molar-refractivity contribution is 0.558. The molecule has 0 aromatic rings. The molecular weight excluding hydrogens is 258 g/mol. The van der Waals surface area contributed by atoms with Crippen LogP contribution in [0.3, 0.4) is 0 Å². The third kappa shape index (κ3) is 14.0. The van der Waals surface area contributed by atoms with Crippen LogP contribution in [0.4, 0.5) is 0 Å². The highest BCUT2D eigenvalue weighted by Gasteiger charge is 2.12. The van der Waals surface area contributed by atoms with E-state index in [9.17, 15) is 0 Å². The van der Waals surface area contributed by atoms with Crippen molar-refractivity contribution in [1.82, 2.24) is 0 Å². The largest absolute Gasteiger partial charge is 0.298 e. The highest BCUT2D eigenvalue weighted by Crippen LogP contribution is 2.11. The van der Waals surface area contributed by atoms with Gasteiger partial charge in [-0.2, -0.15) is 0 Å². The Labute approximate surface area is 129 Å². The van der Waals surface area contributed by atoms with Crippen molar-refractivity contribution in [1.29, 1.82) is 0 Å². The van der Waals surface area contributed by atoms with E-state index in [2.05, 4.69) is 43.5 Å². The molecule has 0 rings (SSSR count). The van der Waals surface area contributed by atoms with Gasteiger partial charge in [-0.3, -0.25) is 4.99 Å². The van der Waals surface area contributed by atoms with Crippen molar-refractivity contribution in [3.63, 3.8) is 0 Å². The van der Waals surface area contributed by atoms with Gasteiger partial charge < -0.3 is 0 Å². The molecule has 0 aliphatic heterocycles. The third-order valence-electron chi connectivity index (χ3n) is 3.94. The highest BCUT2D eigenvalue weighted by atomic mass is 28.3. The highest BCUT2D eigenvalue weighted by molar-refractivity contribution is 6.84. The quantitative estimate of drug-likeness (QED) is 0.199. The molecule has 0 aliphatic carbocycles. The first kappa shape index (κ1) is 19.6. The second-order valence-corrected chi connectivity index (χ2v) is 11.5. The van der Waals surface area contributed by atoms with Crippen LogP contribution in [0.25, 0.3) is 0 Å². The Bertz CT molecular complexity index is 246. The molecule has 118 valence electrons. The van der Waals surface area contributed by atoms with Gasteiger partial charge in [0.25, 0.3) is 0 Å². The van der Waals surface area contributed by atoms with Crippen LogP contribution < -0.4 is 0 Å². The molecule has 0 aromatic carbocycles. The summed E-state index contributed by atoms with van der Waals surface area (Å²) in [5.74, 6) is 0. The Morgan fingerprint density at radius 2 is 1.35 bits per heavy atom. The maximum Gasteiger partial charge on any atom is 0.0761 e. The molecule has 0 radical (unpaired) electrons. The van der Waals surface area contributed by atoms with Crippen molar-refractivity contribution in [2.24, 2.45) is 4.99 Å². The maximum atomic E-state index is 4.53. The SMILES string of the molecule is C=C[Si](C)(C)CC=NCCCCCCCCCCCC. The van der Waals surface area contributed by atoms with Gasteiger partial charge in [-0.15, -0.1) is 12.3 Å². The lowest BCUT2D eigenvalue weighted by Gasteiger charge is -2.12. The van der Waals surface area contributed by atoms with E-state index in [1.807, 2.05) is 0 Å². The third-order valence-corrected chi connectivity index (χ3v) is 6.28. The van der Waals surface area contributed by atoms with Crippen molar-refractivity contribution in [3.8, 4) is 0 Å². The zero-order valence-corrected chi connectivity index (χ0v) is 15.3. The van der Waals surface area contributed by atoms with Crippen molar-refractivity contribution < 1.29 is 0 Å². The molecule has 0 aromatic heterocycles. The fraction of sp³-hybridized carbons (Fsp3) is 0.833. The molecule has 0 heterocycles. The molecule has 0 atom stereocenters. The molecule has 0 bridgehead atoms. The summed E-state index contributed by atoms with van der Waals surface area (Å²) in [5.41, 5.74) is 2.15. The lowest BCUT2D eigenvalue weighted by atomic mass is 10.1. The van der Waals surface area contributed by atoms with Gasteiger partial charge in [0.05, 0.1) is 8.07 Å². The van der Waals surface area contributed by atoms with Gasteiger partial charge >= 0.3 is 0 Å². The molecule has 20 heavy (non-hydrogen) atoms. The Kier molecular flexibility index (Phi) is 13.3. The number of nitrogens with zero attached hydrogens (tertiary/aromatic N) is 1. The Morgan fingerprint density at radius 3 is 1.85 bits per heavy atom. The summed E-state index contributed by atoms with van der Waals surface area (Å²) in [5, 5.41) is 0. The fourth-order valence-electron chi connectivity index (χ4n) is 2.16. The summed E-state index contributed by atoms with van der Waals surface area (Å²) in [6.45, 7) is 11.9. The van der Waals surface area contributed by atoms with Crippen molar-refractivity contribution in [3.05, 3.63) is 12.3 Å². The van der Waals surface area contributed by atoms with Gasteiger partial charge in [-0.25, -0.2) is 0 Å². The normalized spacial score (nSPS) is 12.2. The van der Waals surface area contributed by atoms with Gasteiger partial charge in [0.15, 0.2) is 0 Å². The van der Waals surface area contributed by atoms with Crippen LogP contribution in [-0.2, 0) is 0 Å². The van der Waals surface area contributed by atoms with Crippen molar-refractivity contribution in [2.45, 2.75) is 90.3 Å². The van der Waals surface area contributed by atoms with Crippen LogP contribution in [0.2, 0.25) is 19.1 Å². The lowest BCUT2D eigenvalue weighted by Crippen LogP contribution is -2.21. The minimum atomic E-state index is -1.16. The predicted molar refractivity (Wildman–Crippen MR) is 97.7 cm³/mol. The van der Waals surface area contributed by atoms with Crippen LogP contribution in [0.15, 0.2) is 17.3 Å². The number of aliphatic imine (C=N–C) groups is 1. The smallest absolute Gasteiger partial charge is 0.0761 e. The maximum absolute atomic E-state index is 4.53. The van der Waals surface area contributed by atoms with E-state index in [1.165, 1.54) is 64.2 Å². The van der Waals surface area contributed by atoms with Crippen LogP contribution in [0.5, 0.6) is 0 Å². The van der Waals surface area contributed by atoms with Gasteiger partial charge in [-0.05, 0) is 18.7 Å². The van der Waals surface area contributed by atoms with E-state index in [-0.39, 0.29) is 0 Å². The second kappa shape index (κ2) is 13.6. The zero-order chi connectivity index (χ0) is 15.1. The van der Waals surface area contributed by atoms with Crippen molar-refractivity contribution in [2.75, 3.05) is 6.54 Å². The standard InChI is InChI=1S/C18H37NSi/c1-5-7-8-9-10-11-12-13-14-15-16-19-17-18-20(3,4)6-2/h6,17H,2,5,7-16,18H2,1,3-4H3. The zero-order valence-electron chi connectivity index (χ0n) is 14.3. The molecule has 0 aliphatic rings. The molecule has 0 fully saturated rings. The van der Waals surface area contributed by atoms with Gasteiger partial charge in [0, 0.05) is 6.54 Å². The first-order chi connectivity index (χ1) is 9.62. The number of hydrogen-bond donors (Lipinski definition) is 0. The molecule has 2 heteroatoms. The monoisotopic (exact) mass is 295 g/mol. The Hall–Kier alpha value is -0.373. The van der Waals surface area contributed by atoms with Crippen LogP contribution in [0, 0.1) is 0 Å².